The fourth-order valence-electron chi connectivity index (χ4n) is 2.03. The van der Waals surface area contributed by atoms with Crippen LogP contribution in [0.2, 0.25) is 0 Å². The molecular weight excluding hydrogens is 172 g/mol. The van der Waals surface area contributed by atoms with Gasteiger partial charge in [0, 0.05) is 6.42 Å². The predicted molar refractivity (Wildman–Crippen MR) is 60.2 cm³/mol. The molecule has 1 nitrogen and oxygen atoms in total. The maximum atomic E-state index is 11.3. The summed E-state index contributed by atoms with van der Waals surface area (Å²) in [7, 11) is 0. The maximum absolute atomic E-state index is 11.3. The van der Waals surface area contributed by atoms with Gasteiger partial charge in [0.1, 0.15) is 0 Å². The summed E-state index contributed by atoms with van der Waals surface area (Å²) in [4.78, 5) is 11.3. The molecule has 14 heavy (non-hydrogen) atoms. The summed E-state index contributed by atoms with van der Waals surface area (Å²) >= 11 is 0. The van der Waals surface area contributed by atoms with Gasteiger partial charge in [-0.25, -0.2) is 0 Å². The van der Waals surface area contributed by atoms with Crippen molar-refractivity contribution in [2.75, 3.05) is 0 Å². The Morgan fingerprint density at radius 1 is 1.43 bits per heavy atom. The lowest BCUT2D eigenvalue weighted by molar-refractivity contribution is -0.116. The van der Waals surface area contributed by atoms with Crippen LogP contribution in [-0.2, 0) is 4.79 Å². The molecule has 0 heterocycles. The van der Waals surface area contributed by atoms with Gasteiger partial charge in [0.25, 0.3) is 0 Å². The Bertz CT molecular complexity index is 248. The van der Waals surface area contributed by atoms with Crippen molar-refractivity contribution in [2.45, 2.75) is 46.0 Å². The third-order valence-corrected chi connectivity index (χ3v) is 2.65. The second-order valence-electron chi connectivity index (χ2n) is 4.19. The summed E-state index contributed by atoms with van der Waals surface area (Å²) in [6.45, 7) is 4.21. The summed E-state index contributed by atoms with van der Waals surface area (Å²) in [6.07, 6.45) is 11.5. The van der Waals surface area contributed by atoms with E-state index >= 15 is 0 Å². The first-order chi connectivity index (χ1) is 6.72. The van der Waals surface area contributed by atoms with E-state index in [0.717, 1.165) is 32.1 Å². The minimum absolute atomic E-state index is 0.318. The zero-order valence-corrected chi connectivity index (χ0v) is 9.25. The van der Waals surface area contributed by atoms with E-state index < -0.39 is 0 Å². The molecule has 0 N–H and O–H groups in total. The maximum Gasteiger partial charge on any atom is 0.155 e. The van der Waals surface area contributed by atoms with Crippen molar-refractivity contribution < 1.29 is 4.79 Å². The summed E-state index contributed by atoms with van der Waals surface area (Å²) in [5, 5.41) is 0. The molecule has 1 aliphatic rings. The first-order valence-corrected chi connectivity index (χ1v) is 5.57. The number of hydrogen-bond acceptors (Lipinski definition) is 1. The van der Waals surface area contributed by atoms with Gasteiger partial charge in [-0.3, -0.25) is 4.79 Å². The van der Waals surface area contributed by atoms with Crippen LogP contribution in [0.1, 0.15) is 46.0 Å². The summed E-state index contributed by atoms with van der Waals surface area (Å²) < 4.78 is 0. The van der Waals surface area contributed by atoms with Crippen LogP contribution in [0.4, 0.5) is 0 Å². The molecule has 0 spiro atoms. The van der Waals surface area contributed by atoms with Crippen LogP contribution < -0.4 is 0 Å². The predicted octanol–water partition coefficient (Wildman–Crippen LogP) is 3.66. The Kier molecular flexibility index (Phi) is 4.64. The number of carbonyl (C=O) groups excluding carboxylic acids is 1. The number of hydrogen-bond donors (Lipinski definition) is 0. The van der Waals surface area contributed by atoms with Crippen LogP contribution in [0.25, 0.3) is 0 Å². The zero-order chi connectivity index (χ0) is 10.4. The highest BCUT2D eigenvalue weighted by molar-refractivity contribution is 5.91. The molecule has 1 heteroatoms. The van der Waals surface area contributed by atoms with Crippen LogP contribution >= 0.6 is 0 Å². The highest BCUT2D eigenvalue weighted by Gasteiger charge is 2.17. The summed E-state index contributed by atoms with van der Waals surface area (Å²) in [5.41, 5.74) is 1.26. The normalized spacial score (nSPS) is 22.9. The Morgan fingerprint density at radius 3 is 2.86 bits per heavy atom. The molecule has 0 amide bonds. The van der Waals surface area contributed by atoms with E-state index in [1.807, 2.05) is 0 Å². The van der Waals surface area contributed by atoms with E-state index in [9.17, 15) is 4.79 Å². The second kappa shape index (κ2) is 5.79. The van der Waals surface area contributed by atoms with Gasteiger partial charge in [0.05, 0.1) is 0 Å². The van der Waals surface area contributed by atoms with Crippen LogP contribution in [0, 0.1) is 5.92 Å². The molecule has 1 atom stereocenters. The molecule has 0 saturated carbocycles. The number of allylic oxidation sites excluding steroid dienone is 4. The Morgan fingerprint density at radius 2 is 2.21 bits per heavy atom. The lowest BCUT2D eigenvalue weighted by Gasteiger charge is -2.19. The Hall–Kier alpha value is -0.850. The number of ketones is 1. The van der Waals surface area contributed by atoms with Gasteiger partial charge in [0.2, 0.25) is 0 Å². The second-order valence-corrected chi connectivity index (χ2v) is 4.19. The Labute approximate surface area is 86.9 Å². The van der Waals surface area contributed by atoms with Crippen molar-refractivity contribution in [3.8, 4) is 0 Å². The third-order valence-electron chi connectivity index (χ3n) is 2.65. The molecular formula is C13H20O. The lowest BCUT2D eigenvalue weighted by atomic mass is 9.86. The summed E-state index contributed by atoms with van der Waals surface area (Å²) in [6, 6.07) is 0. The summed E-state index contributed by atoms with van der Waals surface area (Å²) in [5.74, 6) is 0.909. The van der Waals surface area contributed by atoms with Crippen molar-refractivity contribution in [3.63, 3.8) is 0 Å². The van der Waals surface area contributed by atoms with Crippen LogP contribution in [0.5, 0.6) is 0 Å². The molecule has 1 aliphatic carbocycles. The van der Waals surface area contributed by atoms with E-state index in [2.05, 4.69) is 26.0 Å². The molecule has 0 aliphatic heterocycles. The quantitative estimate of drug-likeness (QED) is 0.621. The number of carbonyl (C=O) groups is 1. The molecule has 78 valence electrons. The van der Waals surface area contributed by atoms with Crippen molar-refractivity contribution >= 4 is 5.78 Å². The van der Waals surface area contributed by atoms with Crippen LogP contribution in [0.3, 0.4) is 0 Å². The largest absolute Gasteiger partial charge is 0.295 e. The third kappa shape index (κ3) is 3.91. The fourth-order valence-corrected chi connectivity index (χ4v) is 2.03. The molecule has 0 aromatic rings. The van der Waals surface area contributed by atoms with Crippen molar-refractivity contribution in [1.82, 2.24) is 0 Å². The van der Waals surface area contributed by atoms with Gasteiger partial charge in [-0.1, -0.05) is 24.6 Å². The SMILES string of the molecule is CCC=CCCC1CC(=O)C=C(C)C1. The zero-order valence-electron chi connectivity index (χ0n) is 9.25. The first kappa shape index (κ1) is 11.2. The van der Waals surface area contributed by atoms with Gasteiger partial charge in [0.15, 0.2) is 5.78 Å². The number of rotatable bonds is 4. The van der Waals surface area contributed by atoms with Gasteiger partial charge >= 0.3 is 0 Å². The topological polar surface area (TPSA) is 17.1 Å². The van der Waals surface area contributed by atoms with Crippen molar-refractivity contribution in [2.24, 2.45) is 5.92 Å². The molecule has 0 radical (unpaired) electrons. The molecule has 0 bridgehead atoms. The minimum Gasteiger partial charge on any atom is -0.295 e. The molecule has 0 aromatic heterocycles. The average molecular weight is 192 g/mol. The molecule has 1 rings (SSSR count). The smallest absolute Gasteiger partial charge is 0.155 e. The molecule has 1 unspecified atom stereocenters. The van der Waals surface area contributed by atoms with Gasteiger partial charge in [-0.05, 0) is 44.6 Å². The van der Waals surface area contributed by atoms with E-state index in [0.29, 0.717) is 11.7 Å². The minimum atomic E-state index is 0.318. The molecule has 0 aromatic carbocycles. The van der Waals surface area contributed by atoms with E-state index in [1.165, 1.54) is 5.57 Å². The van der Waals surface area contributed by atoms with Crippen molar-refractivity contribution in [1.29, 1.82) is 0 Å². The highest BCUT2D eigenvalue weighted by atomic mass is 16.1. The van der Waals surface area contributed by atoms with E-state index in [-0.39, 0.29) is 0 Å². The van der Waals surface area contributed by atoms with Crippen molar-refractivity contribution in [3.05, 3.63) is 23.8 Å². The van der Waals surface area contributed by atoms with Gasteiger partial charge in [-0.2, -0.15) is 0 Å². The standard InChI is InChI=1S/C13H20O/c1-3-4-5-6-7-12-8-11(2)9-13(14)10-12/h4-5,9,12H,3,6-8,10H2,1-2H3. The first-order valence-electron chi connectivity index (χ1n) is 5.57. The van der Waals surface area contributed by atoms with Crippen LogP contribution in [0.15, 0.2) is 23.8 Å². The average Bonchev–Trinajstić information content (AvgIpc) is 2.11. The van der Waals surface area contributed by atoms with Crippen LogP contribution in [-0.4, -0.2) is 5.78 Å². The lowest BCUT2D eigenvalue weighted by Crippen LogP contribution is -2.12. The fraction of sp³-hybridized carbons (Fsp3) is 0.615. The van der Waals surface area contributed by atoms with E-state index in [4.69, 9.17) is 0 Å². The monoisotopic (exact) mass is 192 g/mol. The van der Waals surface area contributed by atoms with Gasteiger partial charge < -0.3 is 0 Å². The molecule has 0 fully saturated rings. The molecule has 0 saturated heterocycles. The van der Waals surface area contributed by atoms with Gasteiger partial charge in [-0.15, -0.1) is 0 Å². The highest BCUT2D eigenvalue weighted by Crippen LogP contribution is 2.25. The Balaban J connectivity index is 2.30. The van der Waals surface area contributed by atoms with E-state index in [1.54, 1.807) is 6.08 Å².